The average Bonchev–Trinajstić information content (AvgIpc) is 2.43. The highest BCUT2D eigenvalue weighted by Crippen LogP contribution is 2.21. The Morgan fingerprint density at radius 3 is 2.62 bits per heavy atom. The summed E-state index contributed by atoms with van der Waals surface area (Å²) in [6, 6.07) is 6.07. The highest BCUT2D eigenvalue weighted by Gasteiger charge is 2.26. The molecule has 1 aliphatic rings. The Balaban J connectivity index is 1.98. The second-order valence-electron chi connectivity index (χ2n) is 5.41. The summed E-state index contributed by atoms with van der Waals surface area (Å²) < 4.78 is 0. The normalized spacial score (nSPS) is 22.6. The maximum Gasteiger partial charge on any atom is 0.333 e. The molecule has 7 nitrogen and oxygen atoms in total. The first kappa shape index (κ1) is 15.2. The van der Waals surface area contributed by atoms with Gasteiger partial charge in [-0.2, -0.15) is 0 Å². The van der Waals surface area contributed by atoms with E-state index in [2.05, 4.69) is 24.6 Å². The number of piperidine rings is 1. The molecular formula is C14H20N4O3. The minimum absolute atomic E-state index is 0.0486. The van der Waals surface area contributed by atoms with Gasteiger partial charge < -0.3 is 5.32 Å². The van der Waals surface area contributed by atoms with Crippen molar-refractivity contribution in [1.29, 1.82) is 0 Å². The molecule has 1 fully saturated rings. The van der Waals surface area contributed by atoms with Gasteiger partial charge in [-0.1, -0.05) is 12.5 Å². The molecule has 7 heteroatoms. The average molecular weight is 292 g/mol. The monoisotopic (exact) mass is 292 g/mol. The predicted octanol–water partition coefficient (Wildman–Crippen LogP) is 2.89. The van der Waals surface area contributed by atoms with Gasteiger partial charge in [-0.05, 0) is 32.8 Å². The Labute approximate surface area is 123 Å². The van der Waals surface area contributed by atoms with Crippen LogP contribution >= 0.6 is 0 Å². The summed E-state index contributed by atoms with van der Waals surface area (Å²) in [5.41, 5.74) is 3.18. The second-order valence-corrected chi connectivity index (χ2v) is 5.41. The predicted molar refractivity (Wildman–Crippen MR) is 79.9 cm³/mol. The fourth-order valence-corrected chi connectivity index (χ4v) is 2.62. The van der Waals surface area contributed by atoms with Gasteiger partial charge in [0.2, 0.25) is 0 Å². The molecule has 1 aromatic rings. The molecule has 0 unspecified atom stereocenters. The van der Waals surface area contributed by atoms with E-state index in [-0.39, 0.29) is 23.8 Å². The van der Waals surface area contributed by atoms with Crippen LogP contribution in [0.2, 0.25) is 0 Å². The molecule has 2 N–H and O–H groups in total. The van der Waals surface area contributed by atoms with Crippen LogP contribution in [0.25, 0.3) is 0 Å². The van der Waals surface area contributed by atoms with Crippen LogP contribution in [0.15, 0.2) is 24.3 Å². The van der Waals surface area contributed by atoms with Gasteiger partial charge in [-0.15, -0.1) is 0 Å². The summed E-state index contributed by atoms with van der Waals surface area (Å²) in [4.78, 5) is 22.2. The van der Waals surface area contributed by atoms with E-state index in [1.807, 2.05) is 5.01 Å². The molecule has 1 heterocycles. The Hall–Kier alpha value is -2.15. The third-order valence-corrected chi connectivity index (χ3v) is 3.74. The number of nitrogens with one attached hydrogen (secondary N) is 2. The zero-order valence-corrected chi connectivity index (χ0v) is 12.2. The van der Waals surface area contributed by atoms with E-state index in [4.69, 9.17) is 0 Å². The van der Waals surface area contributed by atoms with Crippen LogP contribution in [-0.2, 0) is 0 Å². The summed E-state index contributed by atoms with van der Waals surface area (Å²) in [5.74, 6) is 0. The smallest absolute Gasteiger partial charge is 0.307 e. The number of nitrogens with zero attached hydrogens (tertiary/aromatic N) is 2. The van der Waals surface area contributed by atoms with Crippen molar-refractivity contribution in [3.63, 3.8) is 0 Å². The molecule has 0 bridgehead atoms. The largest absolute Gasteiger partial charge is 0.333 e. The molecule has 0 aromatic heterocycles. The van der Waals surface area contributed by atoms with Crippen molar-refractivity contribution in [2.75, 3.05) is 5.32 Å². The Morgan fingerprint density at radius 2 is 2.00 bits per heavy atom. The van der Waals surface area contributed by atoms with Crippen LogP contribution in [0.4, 0.5) is 16.2 Å². The van der Waals surface area contributed by atoms with E-state index in [9.17, 15) is 14.9 Å². The minimum Gasteiger partial charge on any atom is -0.307 e. The first-order chi connectivity index (χ1) is 9.97. The number of hydrogen-bond acceptors (Lipinski definition) is 4. The van der Waals surface area contributed by atoms with Gasteiger partial charge >= 0.3 is 6.03 Å². The number of carbonyl (C=O) groups excluding carboxylic acids is 1. The van der Waals surface area contributed by atoms with Gasteiger partial charge in [0.15, 0.2) is 0 Å². The molecule has 0 saturated carbocycles. The molecule has 21 heavy (non-hydrogen) atoms. The van der Waals surface area contributed by atoms with Crippen molar-refractivity contribution in [2.45, 2.75) is 45.2 Å². The van der Waals surface area contributed by atoms with E-state index in [0.29, 0.717) is 5.69 Å². The molecule has 0 radical (unpaired) electrons. The highest BCUT2D eigenvalue weighted by molar-refractivity contribution is 5.89. The van der Waals surface area contributed by atoms with Gasteiger partial charge in [-0.3, -0.25) is 15.5 Å². The van der Waals surface area contributed by atoms with Crippen LogP contribution in [0.3, 0.4) is 0 Å². The first-order valence-corrected chi connectivity index (χ1v) is 7.08. The van der Waals surface area contributed by atoms with Crippen LogP contribution in [0, 0.1) is 10.1 Å². The van der Waals surface area contributed by atoms with E-state index in [1.165, 1.54) is 12.1 Å². The molecule has 0 spiro atoms. The molecule has 114 valence electrons. The van der Waals surface area contributed by atoms with E-state index >= 15 is 0 Å². The van der Waals surface area contributed by atoms with Crippen molar-refractivity contribution in [3.8, 4) is 0 Å². The maximum atomic E-state index is 12.0. The summed E-state index contributed by atoms with van der Waals surface area (Å²) in [7, 11) is 0. The van der Waals surface area contributed by atoms with Gasteiger partial charge in [0, 0.05) is 29.9 Å². The molecule has 1 aromatic carbocycles. The molecule has 2 amide bonds. The van der Waals surface area contributed by atoms with Crippen molar-refractivity contribution in [2.24, 2.45) is 0 Å². The first-order valence-electron chi connectivity index (χ1n) is 7.08. The van der Waals surface area contributed by atoms with Crippen molar-refractivity contribution >= 4 is 17.4 Å². The zero-order chi connectivity index (χ0) is 15.4. The SMILES string of the molecule is C[C@H]1CCC[C@H](C)N1NC(=O)Nc1cccc([N+](=O)[O-])c1. The number of rotatable bonds is 3. The highest BCUT2D eigenvalue weighted by atomic mass is 16.6. The molecular weight excluding hydrogens is 272 g/mol. The van der Waals surface area contributed by atoms with Crippen LogP contribution < -0.4 is 10.7 Å². The summed E-state index contributed by atoms with van der Waals surface area (Å²) in [5, 5.41) is 15.3. The topological polar surface area (TPSA) is 87.5 Å². The fraction of sp³-hybridized carbons (Fsp3) is 0.500. The number of nitro groups is 1. The van der Waals surface area contributed by atoms with Gasteiger partial charge in [-0.25, -0.2) is 9.80 Å². The van der Waals surface area contributed by atoms with Crippen molar-refractivity contribution in [3.05, 3.63) is 34.4 Å². The van der Waals surface area contributed by atoms with Gasteiger partial charge in [0.25, 0.3) is 5.69 Å². The van der Waals surface area contributed by atoms with E-state index < -0.39 is 4.92 Å². The molecule has 2 rings (SSSR count). The minimum atomic E-state index is -0.488. The lowest BCUT2D eigenvalue weighted by molar-refractivity contribution is -0.384. The number of urea groups is 1. The number of carbonyl (C=O) groups is 1. The summed E-state index contributed by atoms with van der Waals surface area (Å²) >= 11 is 0. The maximum absolute atomic E-state index is 12.0. The number of non-ortho nitro benzene ring substituents is 1. The number of amides is 2. The second kappa shape index (κ2) is 6.53. The third-order valence-electron chi connectivity index (χ3n) is 3.74. The summed E-state index contributed by atoms with van der Waals surface area (Å²) in [6.07, 6.45) is 3.25. The number of hydrazine groups is 1. The van der Waals surface area contributed by atoms with Gasteiger partial charge in [0.1, 0.15) is 0 Å². The van der Waals surface area contributed by atoms with Crippen molar-refractivity contribution < 1.29 is 9.72 Å². The number of benzene rings is 1. The van der Waals surface area contributed by atoms with E-state index in [0.717, 1.165) is 19.3 Å². The molecule has 2 atom stereocenters. The zero-order valence-electron chi connectivity index (χ0n) is 12.2. The molecule has 0 aliphatic carbocycles. The third kappa shape index (κ3) is 3.91. The van der Waals surface area contributed by atoms with Gasteiger partial charge in [0.05, 0.1) is 4.92 Å². The lowest BCUT2D eigenvalue weighted by atomic mass is 10.00. The Morgan fingerprint density at radius 1 is 1.33 bits per heavy atom. The van der Waals surface area contributed by atoms with Crippen LogP contribution in [0.5, 0.6) is 0 Å². The Kier molecular flexibility index (Phi) is 4.74. The number of hydrogen-bond donors (Lipinski definition) is 2. The fourth-order valence-electron chi connectivity index (χ4n) is 2.62. The standard InChI is InChI=1S/C14H20N4O3/c1-10-5-3-6-11(2)17(10)16-14(19)15-12-7-4-8-13(9-12)18(20)21/h4,7-11H,3,5-6H2,1-2H3,(H2,15,16,19)/t10-,11-/m0/s1. The molecule has 1 saturated heterocycles. The number of anilines is 1. The van der Waals surface area contributed by atoms with Crippen LogP contribution in [-0.4, -0.2) is 28.0 Å². The summed E-state index contributed by atoms with van der Waals surface area (Å²) in [6.45, 7) is 4.15. The lowest BCUT2D eigenvalue weighted by Gasteiger charge is -2.38. The molecule has 1 aliphatic heterocycles. The lowest BCUT2D eigenvalue weighted by Crippen LogP contribution is -2.55. The Bertz CT molecular complexity index is 525. The van der Waals surface area contributed by atoms with Crippen molar-refractivity contribution in [1.82, 2.24) is 10.4 Å². The number of nitro benzene ring substituents is 1. The van der Waals surface area contributed by atoms with Crippen LogP contribution in [0.1, 0.15) is 33.1 Å². The quantitative estimate of drug-likeness (QED) is 0.662. The van der Waals surface area contributed by atoms with E-state index in [1.54, 1.807) is 12.1 Å².